The zero-order chi connectivity index (χ0) is 12.1. The Hall–Kier alpha value is -2.00. The van der Waals surface area contributed by atoms with Crippen molar-refractivity contribution in [3.8, 4) is 11.4 Å². The summed E-state index contributed by atoms with van der Waals surface area (Å²) in [4.78, 5) is 18.6. The molecule has 0 unspecified atom stereocenters. The highest BCUT2D eigenvalue weighted by atomic mass is 35.5. The molecule has 1 heterocycles. The number of halogens is 1. The maximum Gasteiger partial charge on any atom is 0.159 e. The van der Waals surface area contributed by atoms with Crippen LogP contribution in [0, 0.1) is 0 Å². The van der Waals surface area contributed by atoms with Gasteiger partial charge in [-0.3, -0.25) is 4.79 Å². The molecule has 0 N–H and O–H groups in total. The molecule has 0 radical (unpaired) electrons. The molecule has 0 aliphatic heterocycles. The van der Waals surface area contributed by atoms with Gasteiger partial charge in [0.1, 0.15) is 6.29 Å². The molecule has 84 valence electrons. The number of rotatable bonds is 3. The summed E-state index contributed by atoms with van der Waals surface area (Å²) in [6.07, 6.45) is 5.36. The van der Waals surface area contributed by atoms with Crippen LogP contribution in [0.15, 0.2) is 48.8 Å². The van der Waals surface area contributed by atoms with Gasteiger partial charge in [0.15, 0.2) is 5.82 Å². The molecule has 0 spiro atoms. The number of carbonyl (C=O) groups is 1. The van der Waals surface area contributed by atoms with Gasteiger partial charge in [0.2, 0.25) is 0 Å². The fourth-order valence-electron chi connectivity index (χ4n) is 1.38. The quantitative estimate of drug-likeness (QED) is 0.616. The lowest BCUT2D eigenvalue weighted by molar-refractivity contribution is -0.104. The predicted octanol–water partition coefficient (Wildman–Crippen LogP) is 2.92. The summed E-state index contributed by atoms with van der Waals surface area (Å²) in [5.41, 5.74) is 1.70. The fraction of sp³-hybridized carbons (Fsp3) is 0. The molecule has 0 aliphatic rings. The molecule has 0 aliphatic carbocycles. The van der Waals surface area contributed by atoms with Crippen molar-refractivity contribution in [1.82, 2.24) is 9.97 Å². The minimum atomic E-state index is 0.417. The van der Waals surface area contributed by atoms with E-state index in [2.05, 4.69) is 9.97 Å². The standard InChI is InChI=1S/C13H9ClN2O/c14-12(6-9-17)10-2-4-11(5-3-10)13-15-7-1-8-16-13/h1-9H/b12-6-. The number of aromatic nitrogens is 2. The zero-order valence-electron chi connectivity index (χ0n) is 8.88. The van der Waals surface area contributed by atoms with Crippen molar-refractivity contribution >= 4 is 22.9 Å². The highest BCUT2D eigenvalue weighted by Gasteiger charge is 2.01. The van der Waals surface area contributed by atoms with Crippen LogP contribution in [0.3, 0.4) is 0 Å². The third kappa shape index (κ3) is 2.77. The molecule has 0 saturated heterocycles. The van der Waals surface area contributed by atoms with Crippen LogP contribution in [-0.2, 0) is 4.79 Å². The lowest BCUT2D eigenvalue weighted by Gasteiger charge is -2.01. The first-order chi connectivity index (χ1) is 8.31. The molecular weight excluding hydrogens is 236 g/mol. The van der Waals surface area contributed by atoms with E-state index in [0.29, 0.717) is 17.1 Å². The number of benzene rings is 1. The Balaban J connectivity index is 2.31. The number of nitrogens with zero attached hydrogens (tertiary/aromatic N) is 2. The second-order valence-electron chi connectivity index (χ2n) is 3.30. The number of hydrogen-bond donors (Lipinski definition) is 0. The van der Waals surface area contributed by atoms with Crippen LogP contribution < -0.4 is 0 Å². The Labute approximate surface area is 104 Å². The molecule has 2 rings (SSSR count). The first-order valence-electron chi connectivity index (χ1n) is 5.00. The molecule has 0 fully saturated rings. The van der Waals surface area contributed by atoms with Gasteiger partial charge < -0.3 is 0 Å². The van der Waals surface area contributed by atoms with Crippen LogP contribution in [0.5, 0.6) is 0 Å². The molecule has 0 amide bonds. The maximum atomic E-state index is 10.3. The smallest absolute Gasteiger partial charge is 0.159 e. The van der Waals surface area contributed by atoms with E-state index in [1.807, 2.05) is 24.3 Å². The van der Waals surface area contributed by atoms with Crippen molar-refractivity contribution in [3.05, 3.63) is 54.4 Å². The summed E-state index contributed by atoms with van der Waals surface area (Å²) in [7, 11) is 0. The van der Waals surface area contributed by atoms with Crippen molar-refractivity contribution in [2.75, 3.05) is 0 Å². The summed E-state index contributed by atoms with van der Waals surface area (Å²) < 4.78 is 0. The topological polar surface area (TPSA) is 42.9 Å². The third-order valence-corrected chi connectivity index (χ3v) is 2.54. The van der Waals surface area contributed by atoms with Gasteiger partial charge in [-0.05, 0) is 17.7 Å². The number of aldehydes is 1. The Morgan fingerprint density at radius 3 is 2.35 bits per heavy atom. The molecule has 0 bridgehead atoms. The van der Waals surface area contributed by atoms with E-state index in [4.69, 9.17) is 11.6 Å². The first-order valence-corrected chi connectivity index (χ1v) is 5.38. The third-order valence-electron chi connectivity index (χ3n) is 2.20. The molecule has 17 heavy (non-hydrogen) atoms. The van der Waals surface area contributed by atoms with Crippen LogP contribution >= 0.6 is 11.6 Å². The minimum absolute atomic E-state index is 0.417. The van der Waals surface area contributed by atoms with Crippen LogP contribution in [0.4, 0.5) is 0 Å². The van der Waals surface area contributed by atoms with Crippen molar-refractivity contribution in [1.29, 1.82) is 0 Å². The van der Waals surface area contributed by atoms with Gasteiger partial charge in [0, 0.05) is 18.0 Å². The normalized spacial score (nSPS) is 11.2. The number of allylic oxidation sites excluding steroid dienone is 1. The van der Waals surface area contributed by atoms with Gasteiger partial charge in [-0.1, -0.05) is 35.9 Å². The average Bonchev–Trinajstić information content (AvgIpc) is 2.40. The van der Waals surface area contributed by atoms with Gasteiger partial charge in [-0.15, -0.1) is 0 Å². The van der Waals surface area contributed by atoms with Gasteiger partial charge in [-0.2, -0.15) is 0 Å². The van der Waals surface area contributed by atoms with E-state index >= 15 is 0 Å². The largest absolute Gasteiger partial charge is 0.299 e. The highest BCUT2D eigenvalue weighted by Crippen LogP contribution is 2.21. The van der Waals surface area contributed by atoms with E-state index in [1.165, 1.54) is 6.08 Å². The minimum Gasteiger partial charge on any atom is -0.299 e. The lowest BCUT2D eigenvalue weighted by atomic mass is 10.1. The van der Waals surface area contributed by atoms with Gasteiger partial charge >= 0.3 is 0 Å². The van der Waals surface area contributed by atoms with E-state index in [9.17, 15) is 4.79 Å². The lowest BCUT2D eigenvalue weighted by Crippen LogP contribution is -1.87. The average molecular weight is 245 g/mol. The SMILES string of the molecule is O=C/C=C(\Cl)c1ccc(-c2ncccn2)cc1. The first kappa shape index (κ1) is 11.5. The Kier molecular flexibility index (Phi) is 3.62. The van der Waals surface area contributed by atoms with E-state index in [-0.39, 0.29) is 0 Å². The van der Waals surface area contributed by atoms with Crippen LogP contribution in [0.25, 0.3) is 16.4 Å². The van der Waals surface area contributed by atoms with Gasteiger partial charge in [0.25, 0.3) is 0 Å². The zero-order valence-corrected chi connectivity index (χ0v) is 9.63. The predicted molar refractivity (Wildman–Crippen MR) is 67.4 cm³/mol. The van der Waals surface area contributed by atoms with Crippen LogP contribution in [0.1, 0.15) is 5.56 Å². The molecule has 2 aromatic rings. The molecule has 3 nitrogen and oxygen atoms in total. The number of hydrogen-bond acceptors (Lipinski definition) is 3. The van der Waals surface area contributed by atoms with E-state index in [0.717, 1.165) is 11.1 Å². The van der Waals surface area contributed by atoms with Crippen molar-refractivity contribution in [2.24, 2.45) is 0 Å². The molecule has 0 atom stereocenters. The van der Waals surface area contributed by atoms with Crippen molar-refractivity contribution < 1.29 is 4.79 Å². The Bertz CT molecular complexity index is 535. The summed E-state index contributed by atoms with van der Waals surface area (Å²) in [6, 6.07) is 9.15. The number of carbonyl (C=O) groups excluding carboxylic acids is 1. The maximum absolute atomic E-state index is 10.3. The van der Waals surface area contributed by atoms with Crippen molar-refractivity contribution in [3.63, 3.8) is 0 Å². The molecule has 4 heteroatoms. The fourth-order valence-corrected chi connectivity index (χ4v) is 1.56. The molecule has 0 saturated carbocycles. The van der Waals surface area contributed by atoms with Gasteiger partial charge in [0.05, 0.1) is 5.03 Å². The van der Waals surface area contributed by atoms with E-state index < -0.39 is 0 Å². The monoisotopic (exact) mass is 244 g/mol. The van der Waals surface area contributed by atoms with Crippen molar-refractivity contribution in [2.45, 2.75) is 0 Å². The van der Waals surface area contributed by atoms with Gasteiger partial charge in [-0.25, -0.2) is 9.97 Å². The highest BCUT2D eigenvalue weighted by molar-refractivity contribution is 6.49. The summed E-state index contributed by atoms with van der Waals surface area (Å²) in [6.45, 7) is 0. The second-order valence-corrected chi connectivity index (χ2v) is 3.71. The molecular formula is C13H9ClN2O. The molecule has 1 aromatic carbocycles. The summed E-state index contributed by atoms with van der Waals surface area (Å²) in [5, 5.41) is 0.417. The molecule has 1 aromatic heterocycles. The Morgan fingerprint density at radius 1 is 1.12 bits per heavy atom. The summed E-state index contributed by atoms with van der Waals surface area (Å²) in [5.74, 6) is 0.662. The van der Waals surface area contributed by atoms with Crippen LogP contribution in [0.2, 0.25) is 0 Å². The Morgan fingerprint density at radius 2 is 1.76 bits per heavy atom. The summed E-state index contributed by atoms with van der Waals surface area (Å²) >= 11 is 5.90. The van der Waals surface area contributed by atoms with Crippen LogP contribution in [-0.4, -0.2) is 16.3 Å². The second kappa shape index (κ2) is 5.37. The van der Waals surface area contributed by atoms with E-state index in [1.54, 1.807) is 18.5 Å².